The van der Waals surface area contributed by atoms with Crippen molar-refractivity contribution in [2.45, 2.75) is 13.8 Å². The van der Waals surface area contributed by atoms with E-state index in [9.17, 15) is 0 Å². The third kappa shape index (κ3) is 5.31. The van der Waals surface area contributed by atoms with Crippen molar-refractivity contribution in [1.82, 2.24) is 5.32 Å². The summed E-state index contributed by atoms with van der Waals surface area (Å²) in [6.45, 7) is 8.81. The van der Waals surface area contributed by atoms with Crippen LogP contribution in [0.3, 0.4) is 0 Å². The number of allylic oxidation sites excluding steroid dienone is 2. The van der Waals surface area contributed by atoms with E-state index in [4.69, 9.17) is 0 Å². The summed E-state index contributed by atoms with van der Waals surface area (Å²) in [5, 5.41) is 3.06. The lowest BCUT2D eigenvalue weighted by Crippen LogP contribution is -2.08. The summed E-state index contributed by atoms with van der Waals surface area (Å²) in [5.41, 5.74) is 2.44. The topological polar surface area (TPSA) is 12.0 Å². The minimum atomic E-state index is 0.951. The minimum absolute atomic E-state index is 0.951. The SMILES string of the molecule is C=C(C)/C=C(/C)CNC. The average molecular weight is 125 g/mol. The van der Waals surface area contributed by atoms with Crippen LogP contribution in [-0.2, 0) is 0 Å². The van der Waals surface area contributed by atoms with Gasteiger partial charge in [0.1, 0.15) is 0 Å². The molecule has 0 aliphatic rings. The first-order chi connectivity index (χ1) is 4.16. The van der Waals surface area contributed by atoms with Crippen LogP contribution in [0.2, 0.25) is 0 Å². The molecule has 0 spiro atoms. The largest absolute Gasteiger partial charge is 0.316 e. The van der Waals surface area contributed by atoms with Crippen molar-refractivity contribution in [3.8, 4) is 0 Å². The lowest BCUT2D eigenvalue weighted by atomic mass is 10.2. The quantitative estimate of drug-likeness (QED) is 0.566. The van der Waals surface area contributed by atoms with Gasteiger partial charge in [0.05, 0.1) is 0 Å². The van der Waals surface area contributed by atoms with E-state index in [2.05, 4.69) is 24.9 Å². The monoisotopic (exact) mass is 125 g/mol. The van der Waals surface area contributed by atoms with Crippen molar-refractivity contribution in [2.75, 3.05) is 13.6 Å². The number of hydrogen-bond donors (Lipinski definition) is 1. The zero-order valence-electron chi connectivity index (χ0n) is 6.49. The van der Waals surface area contributed by atoms with Gasteiger partial charge >= 0.3 is 0 Å². The molecule has 0 aliphatic heterocycles. The zero-order chi connectivity index (χ0) is 7.28. The molecule has 0 atom stereocenters. The van der Waals surface area contributed by atoms with Gasteiger partial charge in [-0.1, -0.05) is 23.8 Å². The van der Waals surface area contributed by atoms with Gasteiger partial charge in [0.25, 0.3) is 0 Å². The van der Waals surface area contributed by atoms with Crippen LogP contribution < -0.4 is 5.32 Å². The second-order valence-corrected chi connectivity index (χ2v) is 2.37. The molecular weight excluding hydrogens is 110 g/mol. The van der Waals surface area contributed by atoms with Gasteiger partial charge in [-0.05, 0) is 20.9 Å². The van der Waals surface area contributed by atoms with Crippen molar-refractivity contribution in [2.24, 2.45) is 0 Å². The summed E-state index contributed by atoms with van der Waals surface area (Å²) >= 11 is 0. The second kappa shape index (κ2) is 4.33. The fraction of sp³-hybridized carbons (Fsp3) is 0.500. The van der Waals surface area contributed by atoms with Crippen LogP contribution >= 0.6 is 0 Å². The van der Waals surface area contributed by atoms with Crippen molar-refractivity contribution >= 4 is 0 Å². The molecule has 1 heteroatoms. The normalized spacial score (nSPS) is 11.7. The van der Waals surface area contributed by atoms with Crippen LogP contribution in [0, 0.1) is 0 Å². The maximum absolute atomic E-state index is 3.77. The van der Waals surface area contributed by atoms with Crippen LogP contribution in [-0.4, -0.2) is 13.6 Å². The molecule has 0 aromatic heterocycles. The van der Waals surface area contributed by atoms with Crippen molar-refractivity contribution in [3.05, 3.63) is 23.8 Å². The minimum Gasteiger partial charge on any atom is -0.316 e. The number of nitrogens with one attached hydrogen (secondary N) is 1. The van der Waals surface area contributed by atoms with E-state index < -0.39 is 0 Å². The number of hydrogen-bond acceptors (Lipinski definition) is 1. The Kier molecular flexibility index (Phi) is 4.06. The summed E-state index contributed by atoms with van der Waals surface area (Å²) in [5.74, 6) is 0. The standard InChI is InChI=1S/C8H15N/c1-7(2)5-8(3)6-9-4/h5,9H,1,6H2,2-4H3/b8-5-. The predicted molar refractivity (Wildman–Crippen MR) is 42.5 cm³/mol. The Bertz CT molecular complexity index is 123. The first kappa shape index (κ1) is 8.44. The van der Waals surface area contributed by atoms with E-state index in [1.807, 2.05) is 14.0 Å². The molecule has 1 nitrogen and oxygen atoms in total. The number of rotatable bonds is 3. The number of likely N-dealkylation sites (N-methyl/N-ethyl adjacent to an activating group) is 1. The lowest BCUT2D eigenvalue weighted by molar-refractivity contribution is 0.879. The second-order valence-electron chi connectivity index (χ2n) is 2.37. The van der Waals surface area contributed by atoms with E-state index in [-0.39, 0.29) is 0 Å². The summed E-state index contributed by atoms with van der Waals surface area (Å²) < 4.78 is 0. The van der Waals surface area contributed by atoms with Crippen LogP contribution in [0.25, 0.3) is 0 Å². The van der Waals surface area contributed by atoms with Crippen LogP contribution in [0.4, 0.5) is 0 Å². The molecule has 0 saturated carbocycles. The third-order valence-corrected chi connectivity index (χ3v) is 0.948. The first-order valence-electron chi connectivity index (χ1n) is 3.14. The van der Waals surface area contributed by atoms with Gasteiger partial charge in [-0.15, -0.1) is 0 Å². The van der Waals surface area contributed by atoms with Gasteiger partial charge in [-0.25, -0.2) is 0 Å². The van der Waals surface area contributed by atoms with Crippen molar-refractivity contribution < 1.29 is 0 Å². The summed E-state index contributed by atoms with van der Waals surface area (Å²) in [7, 11) is 1.94. The zero-order valence-corrected chi connectivity index (χ0v) is 6.49. The molecule has 0 radical (unpaired) electrons. The van der Waals surface area contributed by atoms with Crippen molar-refractivity contribution in [3.63, 3.8) is 0 Å². The van der Waals surface area contributed by atoms with E-state index in [1.165, 1.54) is 5.57 Å². The highest BCUT2D eigenvalue weighted by molar-refractivity contribution is 5.17. The molecular formula is C8H15N. The molecule has 0 heterocycles. The molecule has 0 aliphatic carbocycles. The predicted octanol–water partition coefficient (Wildman–Crippen LogP) is 1.73. The van der Waals surface area contributed by atoms with E-state index in [1.54, 1.807) is 0 Å². The molecule has 0 rings (SSSR count). The maximum atomic E-state index is 3.77. The third-order valence-electron chi connectivity index (χ3n) is 0.948. The van der Waals surface area contributed by atoms with Gasteiger partial charge in [-0.2, -0.15) is 0 Å². The Balaban J connectivity index is 3.69. The molecule has 0 amide bonds. The molecule has 0 aromatic carbocycles. The highest BCUT2D eigenvalue weighted by atomic mass is 14.8. The van der Waals surface area contributed by atoms with Crippen LogP contribution in [0.1, 0.15) is 13.8 Å². The fourth-order valence-corrected chi connectivity index (χ4v) is 0.751. The molecule has 0 bridgehead atoms. The Morgan fingerprint density at radius 1 is 1.56 bits per heavy atom. The van der Waals surface area contributed by atoms with Gasteiger partial charge in [-0.3, -0.25) is 0 Å². The molecule has 9 heavy (non-hydrogen) atoms. The highest BCUT2D eigenvalue weighted by Gasteiger charge is 1.83. The van der Waals surface area contributed by atoms with E-state index in [0.29, 0.717) is 0 Å². The first-order valence-corrected chi connectivity index (χ1v) is 3.14. The van der Waals surface area contributed by atoms with Crippen molar-refractivity contribution in [1.29, 1.82) is 0 Å². The molecule has 0 aromatic rings. The summed E-state index contributed by atoms with van der Waals surface area (Å²) in [6, 6.07) is 0. The van der Waals surface area contributed by atoms with Crippen LogP contribution in [0.15, 0.2) is 23.8 Å². The average Bonchev–Trinajstić information content (AvgIpc) is 1.63. The molecule has 52 valence electrons. The highest BCUT2D eigenvalue weighted by Crippen LogP contribution is 1.96. The Morgan fingerprint density at radius 3 is 2.44 bits per heavy atom. The fourth-order valence-electron chi connectivity index (χ4n) is 0.751. The maximum Gasteiger partial charge on any atom is 0.0162 e. The smallest absolute Gasteiger partial charge is 0.0162 e. The van der Waals surface area contributed by atoms with Gasteiger partial charge in [0, 0.05) is 6.54 Å². The summed E-state index contributed by atoms with van der Waals surface area (Å²) in [4.78, 5) is 0. The van der Waals surface area contributed by atoms with E-state index >= 15 is 0 Å². The molecule has 1 N–H and O–H groups in total. The molecule has 0 saturated heterocycles. The Labute approximate surface area is 57.5 Å². The van der Waals surface area contributed by atoms with Crippen LogP contribution in [0.5, 0.6) is 0 Å². The Hall–Kier alpha value is -0.560. The Morgan fingerprint density at radius 2 is 2.11 bits per heavy atom. The molecule has 0 unspecified atom stereocenters. The van der Waals surface area contributed by atoms with Gasteiger partial charge in [0.15, 0.2) is 0 Å². The summed E-state index contributed by atoms with van der Waals surface area (Å²) in [6.07, 6.45) is 2.08. The van der Waals surface area contributed by atoms with Gasteiger partial charge in [0.2, 0.25) is 0 Å². The van der Waals surface area contributed by atoms with Gasteiger partial charge < -0.3 is 5.32 Å². The van der Waals surface area contributed by atoms with E-state index in [0.717, 1.165) is 12.1 Å². The molecule has 0 fully saturated rings. The lowest BCUT2D eigenvalue weighted by Gasteiger charge is -1.97.